The fourth-order valence-corrected chi connectivity index (χ4v) is 3.67. The summed E-state index contributed by atoms with van der Waals surface area (Å²) < 4.78 is 0. The average molecular weight is 377 g/mol. The Bertz CT molecular complexity index is 946. The first kappa shape index (κ1) is 19.2. The van der Waals surface area contributed by atoms with Crippen LogP contribution < -0.4 is 0 Å². The monoisotopic (exact) mass is 376 g/mol. The van der Waals surface area contributed by atoms with Crippen LogP contribution in [-0.4, -0.2) is 0 Å². The molecular weight excluding hydrogens is 348 g/mol. The summed E-state index contributed by atoms with van der Waals surface area (Å²) in [7, 11) is 0. The molecule has 0 bridgehead atoms. The van der Waals surface area contributed by atoms with Crippen LogP contribution in [-0.2, 0) is 19.3 Å². The Morgan fingerprint density at radius 1 is 0.310 bits per heavy atom. The van der Waals surface area contributed by atoms with Crippen molar-refractivity contribution in [2.75, 3.05) is 0 Å². The van der Waals surface area contributed by atoms with Crippen molar-refractivity contribution in [2.24, 2.45) is 0 Å². The molecule has 0 saturated heterocycles. The summed E-state index contributed by atoms with van der Waals surface area (Å²) in [6, 6.07) is 35.8. The molecule has 0 aliphatic rings. The first-order valence-electron chi connectivity index (χ1n) is 10.4. The SMILES string of the molecule is Cc1ccc(Cc2ccc(Cc3ccc(Cc4ccc(C)cc4)cc3)cc2)cc1. The highest BCUT2D eigenvalue weighted by molar-refractivity contribution is 5.35. The molecule has 0 aliphatic heterocycles. The van der Waals surface area contributed by atoms with Crippen molar-refractivity contribution < 1.29 is 0 Å². The van der Waals surface area contributed by atoms with E-state index in [1.54, 1.807) is 0 Å². The van der Waals surface area contributed by atoms with Crippen LogP contribution in [0.25, 0.3) is 0 Å². The fraction of sp³-hybridized carbons (Fsp3) is 0.172. The number of benzene rings is 4. The van der Waals surface area contributed by atoms with Crippen LogP contribution in [0.1, 0.15) is 44.5 Å². The summed E-state index contributed by atoms with van der Waals surface area (Å²) in [4.78, 5) is 0. The quantitative estimate of drug-likeness (QED) is 0.337. The Morgan fingerprint density at radius 3 is 0.690 bits per heavy atom. The lowest BCUT2D eigenvalue weighted by atomic mass is 9.98. The molecule has 0 nitrogen and oxygen atoms in total. The van der Waals surface area contributed by atoms with Gasteiger partial charge in [0, 0.05) is 0 Å². The van der Waals surface area contributed by atoms with Gasteiger partial charge in [-0.2, -0.15) is 0 Å². The highest BCUT2D eigenvalue weighted by atomic mass is 14.1. The lowest BCUT2D eigenvalue weighted by molar-refractivity contribution is 1.13. The van der Waals surface area contributed by atoms with Gasteiger partial charge in [-0.1, -0.05) is 108 Å². The predicted molar refractivity (Wildman–Crippen MR) is 124 cm³/mol. The Morgan fingerprint density at radius 2 is 0.483 bits per heavy atom. The first-order chi connectivity index (χ1) is 14.1. The van der Waals surface area contributed by atoms with E-state index in [4.69, 9.17) is 0 Å². The molecule has 4 rings (SSSR count). The fourth-order valence-electron chi connectivity index (χ4n) is 3.67. The van der Waals surface area contributed by atoms with Gasteiger partial charge in [-0.3, -0.25) is 0 Å². The molecule has 0 N–H and O–H groups in total. The molecule has 0 atom stereocenters. The summed E-state index contributed by atoms with van der Waals surface area (Å²) in [5.41, 5.74) is 10.8. The van der Waals surface area contributed by atoms with Crippen molar-refractivity contribution in [3.63, 3.8) is 0 Å². The van der Waals surface area contributed by atoms with E-state index >= 15 is 0 Å². The number of rotatable bonds is 6. The normalized spacial score (nSPS) is 10.8. The Kier molecular flexibility index (Phi) is 5.91. The van der Waals surface area contributed by atoms with Crippen molar-refractivity contribution in [1.82, 2.24) is 0 Å². The zero-order chi connectivity index (χ0) is 20.1. The summed E-state index contributed by atoms with van der Waals surface area (Å²) in [5, 5.41) is 0. The van der Waals surface area contributed by atoms with Crippen molar-refractivity contribution in [3.05, 3.63) is 142 Å². The van der Waals surface area contributed by atoms with E-state index in [1.807, 2.05) is 0 Å². The molecule has 0 amide bonds. The van der Waals surface area contributed by atoms with Gasteiger partial charge < -0.3 is 0 Å². The minimum Gasteiger partial charge on any atom is -0.0590 e. The molecular formula is C29H28. The molecule has 4 aromatic carbocycles. The van der Waals surface area contributed by atoms with Crippen molar-refractivity contribution >= 4 is 0 Å². The van der Waals surface area contributed by atoms with Gasteiger partial charge in [0.15, 0.2) is 0 Å². The van der Waals surface area contributed by atoms with Gasteiger partial charge >= 0.3 is 0 Å². The maximum Gasteiger partial charge on any atom is -0.00258 e. The Hall–Kier alpha value is -3.12. The lowest BCUT2D eigenvalue weighted by Crippen LogP contribution is -1.93. The van der Waals surface area contributed by atoms with Gasteiger partial charge in [0.05, 0.1) is 0 Å². The van der Waals surface area contributed by atoms with Crippen molar-refractivity contribution in [3.8, 4) is 0 Å². The van der Waals surface area contributed by atoms with Crippen LogP contribution in [0.5, 0.6) is 0 Å². The van der Waals surface area contributed by atoms with Gasteiger partial charge in [-0.25, -0.2) is 0 Å². The molecule has 144 valence electrons. The molecule has 0 fully saturated rings. The van der Waals surface area contributed by atoms with Crippen LogP contribution in [0.15, 0.2) is 97.1 Å². The molecule has 0 spiro atoms. The van der Waals surface area contributed by atoms with Gasteiger partial charge in [0.25, 0.3) is 0 Å². The first-order valence-corrected chi connectivity index (χ1v) is 10.4. The third-order valence-electron chi connectivity index (χ3n) is 5.51. The van der Waals surface area contributed by atoms with Crippen LogP contribution in [0.3, 0.4) is 0 Å². The van der Waals surface area contributed by atoms with Gasteiger partial charge in [-0.15, -0.1) is 0 Å². The van der Waals surface area contributed by atoms with Crippen LogP contribution >= 0.6 is 0 Å². The molecule has 0 aliphatic carbocycles. The highest BCUT2D eigenvalue weighted by Gasteiger charge is 2.01. The predicted octanol–water partition coefficient (Wildman–Crippen LogP) is 7.08. The van der Waals surface area contributed by atoms with Crippen LogP contribution in [0, 0.1) is 13.8 Å². The summed E-state index contributed by atoms with van der Waals surface area (Å²) >= 11 is 0. The standard InChI is InChI=1S/C29H28/c1-22-3-7-24(8-4-22)19-26-11-15-28(16-12-26)21-29-17-13-27(14-18-29)20-25-9-5-23(2)6-10-25/h3-18H,19-21H2,1-2H3. The topological polar surface area (TPSA) is 0 Å². The van der Waals surface area contributed by atoms with E-state index < -0.39 is 0 Å². The van der Waals surface area contributed by atoms with Gasteiger partial charge in [0.2, 0.25) is 0 Å². The molecule has 0 heterocycles. The second kappa shape index (κ2) is 8.92. The van der Waals surface area contributed by atoms with E-state index in [9.17, 15) is 0 Å². The van der Waals surface area contributed by atoms with E-state index in [2.05, 4.69) is 111 Å². The van der Waals surface area contributed by atoms with E-state index in [1.165, 1.54) is 44.5 Å². The van der Waals surface area contributed by atoms with E-state index in [-0.39, 0.29) is 0 Å². The third-order valence-corrected chi connectivity index (χ3v) is 5.51. The van der Waals surface area contributed by atoms with Crippen molar-refractivity contribution in [2.45, 2.75) is 33.1 Å². The lowest BCUT2D eigenvalue weighted by Gasteiger charge is -2.07. The molecule has 0 unspecified atom stereocenters. The molecule has 0 radical (unpaired) electrons. The number of hydrogen-bond donors (Lipinski definition) is 0. The van der Waals surface area contributed by atoms with Crippen LogP contribution in [0.4, 0.5) is 0 Å². The second-order valence-electron chi connectivity index (χ2n) is 8.13. The Balaban J connectivity index is 1.36. The summed E-state index contributed by atoms with van der Waals surface area (Å²) in [6.07, 6.45) is 2.97. The minimum absolute atomic E-state index is 0.982. The molecule has 4 aromatic rings. The number of aryl methyl sites for hydroxylation is 2. The molecule has 29 heavy (non-hydrogen) atoms. The third kappa shape index (κ3) is 5.45. The molecule has 0 aromatic heterocycles. The zero-order valence-corrected chi connectivity index (χ0v) is 17.4. The van der Waals surface area contributed by atoms with Crippen molar-refractivity contribution in [1.29, 1.82) is 0 Å². The molecule has 0 saturated carbocycles. The minimum atomic E-state index is 0.982. The highest BCUT2D eigenvalue weighted by Crippen LogP contribution is 2.16. The number of hydrogen-bond acceptors (Lipinski definition) is 0. The zero-order valence-electron chi connectivity index (χ0n) is 17.4. The maximum absolute atomic E-state index is 2.27. The summed E-state index contributed by atoms with van der Waals surface area (Å²) in [5.74, 6) is 0. The van der Waals surface area contributed by atoms with Gasteiger partial charge in [0.1, 0.15) is 0 Å². The second-order valence-corrected chi connectivity index (χ2v) is 8.13. The van der Waals surface area contributed by atoms with Crippen LogP contribution in [0.2, 0.25) is 0 Å². The maximum atomic E-state index is 2.27. The van der Waals surface area contributed by atoms with E-state index in [0.29, 0.717) is 0 Å². The smallest absolute Gasteiger partial charge is 0.00258 e. The van der Waals surface area contributed by atoms with E-state index in [0.717, 1.165) is 19.3 Å². The summed E-state index contributed by atoms with van der Waals surface area (Å²) in [6.45, 7) is 4.27. The molecule has 0 heteroatoms. The Labute approximate surface area is 174 Å². The average Bonchev–Trinajstić information content (AvgIpc) is 2.74. The van der Waals surface area contributed by atoms with Gasteiger partial charge in [-0.05, 0) is 66.5 Å². The largest absolute Gasteiger partial charge is 0.0590 e.